The van der Waals surface area contributed by atoms with Crippen molar-refractivity contribution in [2.75, 3.05) is 37.6 Å². The van der Waals surface area contributed by atoms with Gasteiger partial charge < -0.3 is 9.80 Å². The number of anilines is 1. The molecule has 2 aliphatic rings. The lowest BCUT2D eigenvalue weighted by Gasteiger charge is -2.37. The van der Waals surface area contributed by atoms with Crippen LogP contribution in [0.5, 0.6) is 0 Å². The molecule has 31 heavy (non-hydrogen) atoms. The van der Waals surface area contributed by atoms with Crippen LogP contribution in [0.2, 0.25) is 5.02 Å². The maximum absolute atomic E-state index is 13.0. The fourth-order valence-electron chi connectivity index (χ4n) is 4.23. The van der Waals surface area contributed by atoms with Gasteiger partial charge in [-0.2, -0.15) is 0 Å². The smallest absolute Gasteiger partial charge is 0.271 e. The number of carbonyl (C=O) groups is 2. The Morgan fingerprint density at radius 1 is 1.06 bits per heavy atom. The van der Waals surface area contributed by atoms with E-state index in [9.17, 15) is 19.7 Å². The molecule has 2 amide bonds. The van der Waals surface area contributed by atoms with Crippen LogP contribution in [0.1, 0.15) is 12.0 Å². The summed E-state index contributed by atoms with van der Waals surface area (Å²) in [5.41, 5.74) is 1.34. The highest BCUT2D eigenvalue weighted by Gasteiger charge is 2.38. The topological polar surface area (TPSA) is 87.0 Å². The number of non-ortho nitro benzene ring substituents is 1. The molecule has 0 N–H and O–H groups in total. The number of hydrogen-bond acceptors (Lipinski definition) is 5. The number of piperazine rings is 1. The number of amides is 2. The van der Waals surface area contributed by atoms with Crippen molar-refractivity contribution in [2.45, 2.75) is 18.9 Å². The fourth-order valence-corrected chi connectivity index (χ4v) is 4.44. The zero-order chi connectivity index (χ0) is 22.0. The first-order valence-electron chi connectivity index (χ1n) is 10.2. The van der Waals surface area contributed by atoms with Gasteiger partial charge in [0.05, 0.1) is 23.1 Å². The van der Waals surface area contributed by atoms with Gasteiger partial charge in [-0.3, -0.25) is 24.6 Å². The summed E-state index contributed by atoms with van der Waals surface area (Å²) in [6, 6.07) is 13.2. The third-order valence-electron chi connectivity index (χ3n) is 5.94. The average molecular weight is 443 g/mol. The van der Waals surface area contributed by atoms with E-state index in [-0.39, 0.29) is 30.0 Å². The second-order valence-electron chi connectivity index (χ2n) is 7.76. The van der Waals surface area contributed by atoms with Gasteiger partial charge in [0, 0.05) is 49.9 Å². The lowest BCUT2D eigenvalue weighted by molar-refractivity contribution is -0.384. The Morgan fingerprint density at radius 2 is 1.81 bits per heavy atom. The van der Waals surface area contributed by atoms with Gasteiger partial charge in [-0.25, -0.2) is 0 Å². The molecule has 0 bridgehead atoms. The molecule has 2 saturated heterocycles. The van der Waals surface area contributed by atoms with E-state index in [2.05, 4.69) is 4.90 Å². The van der Waals surface area contributed by atoms with Crippen LogP contribution in [-0.4, -0.2) is 65.3 Å². The molecule has 9 heteroatoms. The molecule has 0 aromatic heterocycles. The minimum atomic E-state index is -0.458. The van der Waals surface area contributed by atoms with Crippen LogP contribution >= 0.6 is 11.6 Å². The number of nitro groups is 1. The third-order valence-corrected chi connectivity index (χ3v) is 6.31. The van der Waals surface area contributed by atoms with E-state index in [0.29, 0.717) is 49.9 Å². The summed E-state index contributed by atoms with van der Waals surface area (Å²) in [6.07, 6.45) is 0.928. The van der Waals surface area contributed by atoms with Gasteiger partial charge in [-0.1, -0.05) is 35.9 Å². The predicted molar refractivity (Wildman–Crippen MR) is 117 cm³/mol. The number of benzene rings is 2. The molecule has 2 aliphatic heterocycles. The molecule has 8 nitrogen and oxygen atoms in total. The molecule has 4 rings (SSSR count). The Morgan fingerprint density at radius 3 is 2.52 bits per heavy atom. The summed E-state index contributed by atoms with van der Waals surface area (Å²) in [4.78, 5) is 41.8. The highest BCUT2D eigenvalue weighted by Crippen LogP contribution is 2.28. The Bertz CT molecular complexity index is 1010. The zero-order valence-electron chi connectivity index (χ0n) is 16.9. The maximum atomic E-state index is 13.0. The van der Waals surface area contributed by atoms with Crippen LogP contribution in [0.25, 0.3) is 0 Å². The maximum Gasteiger partial charge on any atom is 0.271 e. The molecule has 2 aromatic carbocycles. The van der Waals surface area contributed by atoms with E-state index in [1.165, 1.54) is 12.1 Å². The van der Waals surface area contributed by atoms with Crippen molar-refractivity contribution >= 4 is 34.8 Å². The zero-order valence-corrected chi connectivity index (χ0v) is 17.7. The van der Waals surface area contributed by atoms with Gasteiger partial charge in [0.1, 0.15) is 0 Å². The van der Waals surface area contributed by atoms with E-state index in [1.807, 2.05) is 23.1 Å². The van der Waals surface area contributed by atoms with Crippen LogP contribution in [0, 0.1) is 10.1 Å². The molecule has 0 saturated carbocycles. The van der Waals surface area contributed by atoms with Crippen LogP contribution < -0.4 is 4.90 Å². The van der Waals surface area contributed by atoms with Crippen molar-refractivity contribution in [3.63, 3.8) is 0 Å². The van der Waals surface area contributed by atoms with Gasteiger partial charge in [0.25, 0.3) is 5.69 Å². The van der Waals surface area contributed by atoms with Crippen molar-refractivity contribution < 1.29 is 14.5 Å². The van der Waals surface area contributed by atoms with Gasteiger partial charge in [-0.15, -0.1) is 0 Å². The molecular weight excluding hydrogens is 420 g/mol. The summed E-state index contributed by atoms with van der Waals surface area (Å²) in [6.45, 7) is 2.88. The van der Waals surface area contributed by atoms with Crippen molar-refractivity contribution in [1.29, 1.82) is 0 Å². The second-order valence-corrected chi connectivity index (χ2v) is 8.16. The SMILES string of the molecule is O=C(Cc1ccccc1Cl)N1CCN(C2CCN(c3cccc([N+](=O)[O-])c3)C2=O)CC1. The lowest BCUT2D eigenvalue weighted by atomic mass is 10.1. The fraction of sp³-hybridized carbons (Fsp3) is 0.364. The minimum absolute atomic E-state index is 0.0283. The monoisotopic (exact) mass is 442 g/mol. The quantitative estimate of drug-likeness (QED) is 0.525. The first kappa shape index (κ1) is 21.3. The van der Waals surface area contributed by atoms with Crippen molar-refractivity contribution in [3.05, 3.63) is 69.2 Å². The predicted octanol–water partition coefficient (Wildman–Crippen LogP) is 2.74. The van der Waals surface area contributed by atoms with Crippen molar-refractivity contribution in [1.82, 2.24) is 9.80 Å². The molecule has 0 radical (unpaired) electrons. The number of nitrogens with zero attached hydrogens (tertiary/aromatic N) is 4. The Labute approximate surface area is 185 Å². The standard InChI is InChI=1S/C22H23ClN4O4/c23-19-7-2-1-4-16(19)14-21(28)25-12-10-24(11-13-25)20-8-9-26(22(20)29)17-5-3-6-18(15-17)27(30)31/h1-7,15,20H,8-14H2. The van der Waals surface area contributed by atoms with Crippen LogP contribution in [0.3, 0.4) is 0 Å². The van der Waals surface area contributed by atoms with E-state index in [1.54, 1.807) is 23.1 Å². The van der Waals surface area contributed by atoms with Gasteiger partial charge in [0.15, 0.2) is 0 Å². The normalized spacial score (nSPS) is 19.6. The molecule has 1 atom stereocenters. The van der Waals surface area contributed by atoms with E-state index >= 15 is 0 Å². The molecule has 0 spiro atoms. The number of nitro benzene ring substituents is 1. The van der Waals surface area contributed by atoms with Crippen LogP contribution in [0.4, 0.5) is 11.4 Å². The first-order chi connectivity index (χ1) is 14.9. The Balaban J connectivity index is 1.34. The van der Waals surface area contributed by atoms with E-state index < -0.39 is 4.92 Å². The molecule has 2 aromatic rings. The number of halogens is 1. The van der Waals surface area contributed by atoms with E-state index in [0.717, 1.165) is 5.56 Å². The van der Waals surface area contributed by atoms with Crippen LogP contribution in [0.15, 0.2) is 48.5 Å². The summed E-state index contributed by atoms with van der Waals surface area (Å²) in [7, 11) is 0. The highest BCUT2D eigenvalue weighted by molar-refractivity contribution is 6.31. The second kappa shape index (κ2) is 9.03. The van der Waals surface area contributed by atoms with E-state index in [4.69, 9.17) is 11.6 Å². The molecule has 0 aliphatic carbocycles. The third kappa shape index (κ3) is 4.55. The molecule has 162 valence electrons. The summed E-state index contributed by atoms with van der Waals surface area (Å²) in [5, 5.41) is 11.6. The number of carbonyl (C=O) groups excluding carboxylic acids is 2. The molecule has 1 unspecified atom stereocenters. The number of hydrogen-bond donors (Lipinski definition) is 0. The highest BCUT2D eigenvalue weighted by atomic mass is 35.5. The lowest BCUT2D eigenvalue weighted by Crippen LogP contribution is -2.54. The summed E-state index contributed by atoms with van der Waals surface area (Å²) >= 11 is 6.17. The molecule has 2 heterocycles. The molecular formula is C22H23ClN4O4. The van der Waals surface area contributed by atoms with Crippen molar-refractivity contribution in [2.24, 2.45) is 0 Å². The van der Waals surface area contributed by atoms with Gasteiger partial charge in [-0.05, 0) is 24.1 Å². The number of rotatable bonds is 5. The average Bonchev–Trinajstić information content (AvgIpc) is 3.16. The summed E-state index contributed by atoms with van der Waals surface area (Å²) in [5.74, 6) is -0.0138. The Hall–Kier alpha value is -2.97. The van der Waals surface area contributed by atoms with Crippen molar-refractivity contribution in [3.8, 4) is 0 Å². The summed E-state index contributed by atoms with van der Waals surface area (Å²) < 4.78 is 0. The minimum Gasteiger partial charge on any atom is -0.340 e. The van der Waals surface area contributed by atoms with Crippen LogP contribution in [-0.2, 0) is 16.0 Å². The molecule has 2 fully saturated rings. The largest absolute Gasteiger partial charge is 0.340 e. The first-order valence-corrected chi connectivity index (χ1v) is 10.6. The van der Waals surface area contributed by atoms with Gasteiger partial charge >= 0.3 is 0 Å². The Kier molecular flexibility index (Phi) is 6.20. The van der Waals surface area contributed by atoms with Gasteiger partial charge in [0.2, 0.25) is 11.8 Å².